The maximum absolute atomic E-state index is 11.6. The average molecular weight is 234 g/mol. The van der Waals surface area contributed by atoms with Gasteiger partial charge in [0.2, 0.25) is 10.0 Å². The highest BCUT2D eigenvalue weighted by Crippen LogP contribution is 2.20. The molecule has 0 radical (unpaired) electrons. The molecular formula is C6H13F3N2O2S. The highest BCUT2D eigenvalue weighted by atomic mass is 32.2. The molecule has 0 saturated heterocycles. The van der Waals surface area contributed by atoms with E-state index in [2.05, 4.69) is 10.5 Å². The lowest BCUT2D eigenvalue weighted by Crippen LogP contribution is -2.28. The summed E-state index contributed by atoms with van der Waals surface area (Å²) in [5, 5.41) is 7.23. The predicted molar refractivity (Wildman–Crippen MR) is 46.1 cm³/mol. The molecule has 8 heteroatoms. The van der Waals surface area contributed by atoms with E-state index in [1.807, 2.05) is 0 Å². The SMILES string of the molecule is NS(=O)(=O)CCNCCCC(F)(F)F. The molecule has 0 aromatic carbocycles. The molecule has 86 valence electrons. The number of nitrogens with one attached hydrogen (secondary N) is 1. The molecule has 0 amide bonds. The van der Waals surface area contributed by atoms with Gasteiger partial charge in [0.1, 0.15) is 0 Å². The van der Waals surface area contributed by atoms with Crippen LogP contribution >= 0.6 is 0 Å². The fourth-order valence-corrected chi connectivity index (χ4v) is 1.18. The third kappa shape index (κ3) is 11.7. The van der Waals surface area contributed by atoms with Crippen molar-refractivity contribution in [2.45, 2.75) is 19.0 Å². The molecule has 0 atom stereocenters. The topological polar surface area (TPSA) is 72.2 Å². The number of primary sulfonamides is 1. The van der Waals surface area contributed by atoms with Crippen LogP contribution in [0.25, 0.3) is 0 Å². The van der Waals surface area contributed by atoms with Gasteiger partial charge in [0.15, 0.2) is 0 Å². The highest BCUT2D eigenvalue weighted by molar-refractivity contribution is 7.89. The largest absolute Gasteiger partial charge is 0.389 e. The fraction of sp³-hybridized carbons (Fsp3) is 1.00. The van der Waals surface area contributed by atoms with Crippen LogP contribution in [0, 0.1) is 0 Å². The van der Waals surface area contributed by atoms with Gasteiger partial charge in [-0.3, -0.25) is 0 Å². The van der Waals surface area contributed by atoms with E-state index in [1.54, 1.807) is 0 Å². The number of rotatable bonds is 6. The van der Waals surface area contributed by atoms with Crippen LogP contribution in [0.15, 0.2) is 0 Å². The van der Waals surface area contributed by atoms with Crippen LogP contribution in [0.5, 0.6) is 0 Å². The van der Waals surface area contributed by atoms with Crippen molar-refractivity contribution in [3.8, 4) is 0 Å². The number of hydrogen-bond donors (Lipinski definition) is 2. The first-order valence-corrected chi connectivity index (χ1v) is 5.70. The van der Waals surface area contributed by atoms with Crippen LogP contribution in [-0.4, -0.2) is 33.4 Å². The Kier molecular flexibility index (Phi) is 5.38. The molecule has 4 nitrogen and oxygen atoms in total. The van der Waals surface area contributed by atoms with E-state index in [0.717, 1.165) is 0 Å². The lowest BCUT2D eigenvalue weighted by Gasteiger charge is -2.06. The van der Waals surface area contributed by atoms with Gasteiger partial charge in [0, 0.05) is 13.0 Å². The van der Waals surface area contributed by atoms with E-state index in [-0.39, 0.29) is 25.3 Å². The zero-order valence-electron chi connectivity index (χ0n) is 7.47. The molecule has 14 heavy (non-hydrogen) atoms. The number of hydrogen-bond acceptors (Lipinski definition) is 3. The molecule has 0 aliphatic rings. The van der Waals surface area contributed by atoms with Crippen LogP contribution in [0.1, 0.15) is 12.8 Å². The van der Waals surface area contributed by atoms with Crippen molar-refractivity contribution in [1.29, 1.82) is 0 Å². The Morgan fingerprint density at radius 3 is 2.21 bits per heavy atom. The first kappa shape index (κ1) is 13.7. The normalized spacial score (nSPS) is 13.1. The minimum Gasteiger partial charge on any atom is -0.316 e. The van der Waals surface area contributed by atoms with Crippen molar-refractivity contribution < 1.29 is 21.6 Å². The van der Waals surface area contributed by atoms with Gasteiger partial charge in [0.25, 0.3) is 0 Å². The second kappa shape index (κ2) is 5.52. The molecule has 0 aliphatic carbocycles. The van der Waals surface area contributed by atoms with Crippen molar-refractivity contribution in [3.63, 3.8) is 0 Å². The third-order valence-electron chi connectivity index (χ3n) is 1.38. The Labute approximate surface area is 80.7 Å². The Morgan fingerprint density at radius 2 is 1.79 bits per heavy atom. The number of nitrogens with two attached hydrogens (primary N) is 1. The van der Waals surface area contributed by atoms with E-state index < -0.39 is 22.6 Å². The van der Waals surface area contributed by atoms with E-state index in [4.69, 9.17) is 0 Å². The van der Waals surface area contributed by atoms with E-state index in [0.29, 0.717) is 0 Å². The zero-order chi connectivity index (χ0) is 11.2. The minimum atomic E-state index is -4.15. The molecular weight excluding hydrogens is 221 g/mol. The van der Waals surface area contributed by atoms with E-state index in [1.165, 1.54) is 0 Å². The smallest absolute Gasteiger partial charge is 0.316 e. The van der Waals surface area contributed by atoms with Crippen molar-refractivity contribution in [1.82, 2.24) is 5.32 Å². The molecule has 0 aliphatic heterocycles. The molecule has 3 N–H and O–H groups in total. The predicted octanol–water partition coefficient (Wildman–Crippen LogP) is 0.207. The standard InChI is InChI=1S/C6H13F3N2O2S/c7-6(8,9)2-1-3-11-4-5-14(10,12)13/h11H,1-5H2,(H2,10,12,13). The molecule has 0 rings (SSSR count). The zero-order valence-corrected chi connectivity index (χ0v) is 8.29. The summed E-state index contributed by atoms with van der Waals surface area (Å²) in [6.45, 7) is 0.214. The van der Waals surface area contributed by atoms with Crippen molar-refractivity contribution in [2.75, 3.05) is 18.8 Å². The summed E-state index contributed by atoms with van der Waals surface area (Å²) in [6, 6.07) is 0. The van der Waals surface area contributed by atoms with Crippen molar-refractivity contribution in [2.24, 2.45) is 5.14 Å². The quantitative estimate of drug-likeness (QED) is 0.645. The number of alkyl halides is 3. The second-order valence-corrected chi connectivity index (χ2v) is 4.57. The molecule has 0 unspecified atom stereocenters. The van der Waals surface area contributed by atoms with Gasteiger partial charge in [-0.25, -0.2) is 13.6 Å². The highest BCUT2D eigenvalue weighted by Gasteiger charge is 2.25. The van der Waals surface area contributed by atoms with Crippen LogP contribution in [-0.2, 0) is 10.0 Å². The maximum atomic E-state index is 11.6. The van der Waals surface area contributed by atoms with Crippen LogP contribution < -0.4 is 10.5 Å². The summed E-state index contributed by atoms with van der Waals surface area (Å²) in [7, 11) is -3.52. The summed E-state index contributed by atoms with van der Waals surface area (Å²) >= 11 is 0. The van der Waals surface area contributed by atoms with Crippen LogP contribution in [0.2, 0.25) is 0 Å². The monoisotopic (exact) mass is 234 g/mol. The Balaban J connectivity index is 3.32. The molecule has 0 heterocycles. The summed E-state index contributed by atoms with van der Waals surface area (Å²) in [4.78, 5) is 0. The van der Waals surface area contributed by atoms with Gasteiger partial charge >= 0.3 is 6.18 Å². The Bertz CT molecular complexity index is 250. The molecule has 0 saturated carbocycles. The fourth-order valence-electron chi connectivity index (χ4n) is 0.753. The molecule has 0 fully saturated rings. The molecule has 0 bridgehead atoms. The molecule has 0 spiro atoms. The van der Waals surface area contributed by atoms with Crippen LogP contribution in [0.4, 0.5) is 13.2 Å². The maximum Gasteiger partial charge on any atom is 0.389 e. The Hall–Kier alpha value is -0.340. The summed E-state index contributed by atoms with van der Waals surface area (Å²) in [5.74, 6) is -0.265. The van der Waals surface area contributed by atoms with Gasteiger partial charge in [0.05, 0.1) is 5.75 Å². The summed E-state index contributed by atoms with van der Waals surface area (Å²) < 4.78 is 55.6. The summed E-state index contributed by atoms with van der Waals surface area (Å²) in [6.07, 6.45) is -5.08. The van der Waals surface area contributed by atoms with Gasteiger partial charge in [-0.1, -0.05) is 0 Å². The first-order valence-electron chi connectivity index (χ1n) is 3.99. The summed E-state index contributed by atoms with van der Waals surface area (Å²) in [5.41, 5.74) is 0. The molecule has 0 aromatic heterocycles. The van der Waals surface area contributed by atoms with Crippen molar-refractivity contribution >= 4 is 10.0 Å². The number of halogens is 3. The lowest BCUT2D eigenvalue weighted by molar-refractivity contribution is -0.135. The minimum absolute atomic E-state index is 0.0614. The van der Waals surface area contributed by atoms with Crippen molar-refractivity contribution in [3.05, 3.63) is 0 Å². The first-order chi connectivity index (χ1) is 6.21. The number of sulfonamides is 1. The Morgan fingerprint density at radius 1 is 1.21 bits per heavy atom. The van der Waals surface area contributed by atoms with Gasteiger partial charge in [-0.2, -0.15) is 13.2 Å². The third-order valence-corrected chi connectivity index (χ3v) is 2.15. The van der Waals surface area contributed by atoms with Gasteiger partial charge < -0.3 is 5.32 Å². The van der Waals surface area contributed by atoms with Crippen LogP contribution in [0.3, 0.4) is 0 Å². The van der Waals surface area contributed by atoms with E-state index >= 15 is 0 Å². The lowest BCUT2D eigenvalue weighted by atomic mass is 10.3. The second-order valence-electron chi connectivity index (χ2n) is 2.84. The molecule has 0 aromatic rings. The van der Waals surface area contributed by atoms with E-state index in [9.17, 15) is 21.6 Å². The van der Waals surface area contributed by atoms with Gasteiger partial charge in [-0.15, -0.1) is 0 Å². The average Bonchev–Trinajstić information content (AvgIpc) is 1.92. The van der Waals surface area contributed by atoms with Gasteiger partial charge in [-0.05, 0) is 13.0 Å².